The van der Waals surface area contributed by atoms with E-state index in [1.807, 2.05) is 0 Å². The van der Waals surface area contributed by atoms with Gasteiger partial charge in [0.05, 0.1) is 12.1 Å². The molecule has 4 saturated carbocycles. The summed E-state index contributed by atoms with van der Waals surface area (Å²) >= 11 is 0. The zero-order valence-electron chi connectivity index (χ0n) is 12.0. The van der Waals surface area contributed by atoms with Crippen LogP contribution >= 0.6 is 0 Å². The van der Waals surface area contributed by atoms with Crippen molar-refractivity contribution in [1.82, 2.24) is 4.90 Å². The van der Waals surface area contributed by atoms with Crippen molar-refractivity contribution in [1.29, 1.82) is 0 Å². The highest BCUT2D eigenvalue weighted by Gasteiger charge is 2.52. The van der Waals surface area contributed by atoms with Crippen LogP contribution in [0.3, 0.4) is 0 Å². The molecule has 3 N–H and O–H groups in total. The molecule has 4 aliphatic carbocycles. The van der Waals surface area contributed by atoms with Crippen molar-refractivity contribution in [3.63, 3.8) is 0 Å². The van der Waals surface area contributed by atoms with E-state index in [9.17, 15) is 5.11 Å². The van der Waals surface area contributed by atoms with Gasteiger partial charge in [0.1, 0.15) is 0 Å². The Bertz CT molecular complexity index is 334. The number of likely N-dealkylation sites (tertiary alicyclic amines) is 1. The smallest absolute Gasteiger partial charge is 0.0624 e. The molecule has 0 radical (unpaired) electrons. The standard InChI is InChI=1S/C16H28N2O/c17-16(11-19)1-2-18(10-16)9-15-6-12-3-13(7-15)5-14(4-12)8-15/h12-14,19H,1-11,17H2. The molecule has 108 valence electrons. The molecule has 5 aliphatic rings. The second kappa shape index (κ2) is 4.19. The third kappa shape index (κ3) is 2.14. The third-order valence-corrected chi connectivity index (χ3v) is 6.50. The van der Waals surface area contributed by atoms with Crippen molar-refractivity contribution in [3.05, 3.63) is 0 Å². The van der Waals surface area contributed by atoms with Gasteiger partial charge < -0.3 is 15.7 Å². The van der Waals surface area contributed by atoms with E-state index in [1.165, 1.54) is 45.1 Å². The second-order valence-electron chi connectivity index (χ2n) is 8.40. The molecule has 19 heavy (non-hydrogen) atoms. The number of hydrogen-bond donors (Lipinski definition) is 2. The Balaban J connectivity index is 1.46. The summed E-state index contributed by atoms with van der Waals surface area (Å²) in [5.74, 6) is 3.11. The van der Waals surface area contributed by atoms with Gasteiger partial charge in [0.2, 0.25) is 0 Å². The van der Waals surface area contributed by atoms with Gasteiger partial charge >= 0.3 is 0 Å². The fourth-order valence-corrected chi connectivity index (χ4v) is 6.21. The van der Waals surface area contributed by atoms with Gasteiger partial charge in [-0.25, -0.2) is 0 Å². The molecule has 0 aromatic rings. The summed E-state index contributed by atoms with van der Waals surface area (Å²) in [5, 5.41) is 9.42. The molecule has 0 amide bonds. The maximum atomic E-state index is 9.42. The van der Waals surface area contributed by atoms with Gasteiger partial charge in [0.25, 0.3) is 0 Å². The zero-order valence-corrected chi connectivity index (χ0v) is 12.0. The van der Waals surface area contributed by atoms with Crippen molar-refractivity contribution in [2.24, 2.45) is 28.9 Å². The zero-order chi connectivity index (χ0) is 13.1. The van der Waals surface area contributed by atoms with E-state index in [4.69, 9.17) is 5.73 Å². The maximum absolute atomic E-state index is 9.42. The molecule has 1 unspecified atom stereocenters. The summed E-state index contributed by atoms with van der Waals surface area (Å²) in [6.07, 6.45) is 9.98. The number of nitrogens with two attached hydrogens (primary N) is 1. The first-order valence-corrected chi connectivity index (χ1v) is 8.20. The van der Waals surface area contributed by atoms with Gasteiger partial charge in [-0.2, -0.15) is 0 Å². The minimum absolute atomic E-state index is 0.143. The SMILES string of the molecule is NC1(CO)CCN(CC23CC4CC(CC(C4)C2)C3)C1. The first-order chi connectivity index (χ1) is 9.08. The van der Waals surface area contributed by atoms with Gasteiger partial charge in [0.15, 0.2) is 0 Å². The van der Waals surface area contributed by atoms with Crippen LogP contribution in [0.2, 0.25) is 0 Å². The monoisotopic (exact) mass is 264 g/mol. The first kappa shape index (κ1) is 12.6. The fraction of sp³-hybridized carbons (Fsp3) is 1.00. The lowest BCUT2D eigenvalue weighted by atomic mass is 9.49. The van der Waals surface area contributed by atoms with E-state index < -0.39 is 0 Å². The lowest BCUT2D eigenvalue weighted by Gasteiger charge is -2.57. The Morgan fingerprint density at radius 1 is 1.05 bits per heavy atom. The Morgan fingerprint density at radius 3 is 2.11 bits per heavy atom. The summed E-state index contributed by atoms with van der Waals surface area (Å²) < 4.78 is 0. The highest BCUT2D eigenvalue weighted by molar-refractivity contribution is 5.04. The molecule has 0 aromatic heterocycles. The summed E-state index contributed by atoms with van der Waals surface area (Å²) in [7, 11) is 0. The van der Waals surface area contributed by atoms with Gasteiger partial charge in [-0.05, 0) is 68.1 Å². The van der Waals surface area contributed by atoms with Gasteiger partial charge in [-0.15, -0.1) is 0 Å². The summed E-state index contributed by atoms with van der Waals surface area (Å²) in [6, 6.07) is 0. The molecule has 0 spiro atoms. The van der Waals surface area contributed by atoms with Crippen LogP contribution in [0.5, 0.6) is 0 Å². The van der Waals surface area contributed by atoms with Crippen LogP contribution in [-0.4, -0.2) is 41.8 Å². The number of aliphatic hydroxyl groups is 1. The lowest BCUT2D eigenvalue weighted by molar-refractivity contribution is -0.0672. The van der Waals surface area contributed by atoms with E-state index in [0.29, 0.717) is 5.41 Å². The largest absolute Gasteiger partial charge is 0.394 e. The van der Waals surface area contributed by atoms with Gasteiger partial charge in [0, 0.05) is 19.6 Å². The molecule has 0 aromatic carbocycles. The molecule has 1 saturated heterocycles. The van der Waals surface area contributed by atoms with Crippen LogP contribution < -0.4 is 5.73 Å². The van der Waals surface area contributed by atoms with Crippen molar-refractivity contribution in [2.45, 2.75) is 50.5 Å². The molecule has 5 fully saturated rings. The first-order valence-electron chi connectivity index (χ1n) is 8.20. The van der Waals surface area contributed by atoms with Crippen molar-refractivity contribution >= 4 is 0 Å². The van der Waals surface area contributed by atoms with Crippen LogP contribution in [0, 0.1) is 23.2 Å². The Morgan fingerprint density at radius 2 is 1.63 bits per heavy atom. The van der Waals surface area contributed by atoms with Crippen molar-refractivity contribution in [3.8, 4) is 0 Å². The quantitative estimate of drug-likeness (QED) is 0.814. The lowest BCUT2D eigenvalue weighted by Crippen LogP contribution is -2.52. The molecule has 4 bridgehead atoms. The minimum atomic E-state index is -0.317. The normalized spacial score (nSPS) is 53.1. The van der Waals surface area contributed by atoms with Crippen LogP contribution in [0.1, 0.15) is 44.9 Å². The molecule has 1 heterocycles. The molecule has 1 atom stereocenters. The number of aliphatic hydroxyl groups excluding tert-OH is 1. The van der Waals surface area contributed by atoms with Crippen LogP contribution in [-0.2, 0) is 0 Å². The minimum Gasteiger partial charge on any atom is -0.394 e. The number of nitrogens with zero attached hydrogens (tertiary/aromatic N) is 1. The molecule has 5 rings (SSSR count). The summed E-state index contributed by atoms with van der Waals surface area (Å²) in [4.78, 5) is 2.56. The Labute approximate surface area is 116 Å². The van der Waals surface area contributed by atoms with Crippen molar-refractivity contribution in [2.75, 3.05) is 26.2 Å². The van der Waals surface area contributed by atoms with E-state index in [-0.39, 0.29) is 12.1 Å². The average Bonchev–Trinajstić information content (AvgIpc) is 2.69. The summed E-state index contributed by atoms with van der Waals surface area (Å²) in [5.41, 5.74) is 6.53. The fourth-order valence-electron chi connectivity index (χ4n) is 6.21. The molecule has 1 aliphatic heterocycles. The predicted octanol–water partition coefficient (Wildman–Crippen LogP) is 1.60. The predicted molar refractivity (Wildman–Crippen MR) is 75.7 cm³/mol. The van der Waals surface area contributed by atoms with Gasteiger partial charge in [-0.3, -0.25) is 0 Å². The van der Waals surface area contributed by atoms with Crippen LogP contribution in [0.15, 0.2) is 0 Å². The molecular formula is C16H28N2O. The number of hydrogen-bond acceptors (Lipinski definition) is 3. The second-order valence-corrected chi connectivity index (χ2v) is 8.40. The van der Waals surface area contributed by atoms with Crippen molar-refractivity contribution < 1.29 is 5.11 Å². The van der Waals surface area contributed by atoms with E-state index >= 15 is 0 Å². The van der Waals surface area contributed by atoms with Crippen LogP contribution in [0.25, 0.3) is 0 Å². The number of rotatable bonds is 3. The third-order valence-electron chi connectivity index (χ3n) is 6.50. The Kier molecular flexibility index (Phi) is 2.78. The average molecular weight is 264 g/mol. The van der Waals surface area contributed by atoms with Crippen LogP contribution in [0.4, 0.5) is 0 Å². The Hall–Kier alpha value is -0.120. The maximum Gasteiger partial charge on any atom is 0.0624 e. The highest BCUT2D eigenvalue weighted by Crippen LogP contribution is 2.60. The van der Waals surface area contributed by atoms with E-state index in [1.54, 1.807) is 0 Å². The molecule has 3 nitrogen and oxygen atoms in total. The molecular weight excluding hydrogens is 236 g/mol. The van der Waals surface area contributed by atoms with E-state index in [2.05, 4.69) is 4.90 Å². The topological polar surface area (TPSA) is 49.5 Å². The van der Waals surface area contributed by atoms with Gasteiger partial charge in [-0.1, -0.05) is 0 Å². The van der Waals surface area contributed by atoms with E-state index in [0.717, 1.165) is 37.3 Å². The summed E-state index contributed by atoms with van der Waals surface area (Å²) in [6.45, 7) is 3.41. The molecule has 3 heteroatoms. The highest BCUT2D eigenvalue weighted by atomic mass is 16.3.